The van der Waals surface area contributed by atoms with Crippen molar-refractivity contribution in [2.45, 2.75) is 17.4 Å². The standard InChI is InChI=1S/C11H15ClN2O2S/c1-14(10-6-7-13-8-10)17(15,16)11-4-2-9(12)3-5-11/h2-5,10,13H,6-8H2,1H3. The predicted octanol–water partition coefficient (Wildman–Crippen LogP) is 1.32. The summed E-state index contributed by atoms with van der Waals surface area (Å²) in [7, 11) is -1.78. The summed E-state index contributed by atoms with van der Waals surface area (Å²) >= 11 is 5.75. The van der Waals surface area contributed by atoms with Crippen molar-refractivity contribution in [3.05, 3.63) is 29.3 Å². The van der Waals surface area contributed by atoms with E-state index in [0.717, 1.165) is 13.0 Å². The number of halogens is 1. The van der Waals surface area contributed by atoms with Gasteiger partial charge in [-0.3, -0.25) is 0 Å². The van der Waals surface area contributed by atoms with Crippen LogP contribution in [0.2, 0.25) is 5.02 Å². The van der Waals surface area contributed by atoms with Crippen LogP contribution in [-0.4, -0.2) is 38.9 Å². The van der Waals surface area contributed by atoms with E-state index in [9.17, 15) is 8.42 Å². The first kappa shape index (κ1) is 12.8. The number of benzene rings is 1. The summed E-state index contributed by atoms with van der Waals surface area (Å²) in [5, 5.41) is 3.69. The zero-order valence-electron chi connectivity index (χ0n) is 9.56. The molecule has 6 heteroatoms. The van der Waals surface area contributed by atoms with Crippen LogP contribution < -0.4 is 5.32 Å². The molecule has 0 saturated carbocycles. The summed E-state index contributed by atoms with van der Waals surface area (Å²) in [4.78, 5) is 0.288. The first-order chi connectivity index (χ1) is 8.01. The van der Waals surface area contributed by atoms with Gasteiger partial charge in [0.1, 0.15) is 0 Å². The molecule has 94 valence electrons. The lowest BCUT2D eigenvalue weighted by Crippen LogP contribution is -2.38. The molecule has 1 aromatic rings. The van der Waals surface area contributed by atoms with Crippen molar-refractivity contribution in [1.82, 2.24) is 9.62 Å². The maximum Gasteiger partial charge on any atom is 0.243 e. The van der Waals surface area contributed by atoms with E-state index >= 15 is 0 Å². The highest BCUT2D eigenvalue weighted by molar-refractivity contribution is 7.89. The first-order valence-corrected chi connectivity index (χ1v) is 7.28. The van der Waals surface area contributed by atoms with E-state index in [1.165, 1.54) is 16.4 Å². The van der Waals surface area contributed by atoms with Gasteiger partial charge >= 0.3 is 0 Å². The van der Waals surface area contributed by atoms with Gasteiger partial charge in [0.2, 0.25) is 10.0 Å². The Morgan fingerprint density at radius 1 is 1.35 bits per heavy atom. The Kier molecular flexibility index (Phi) is 3.73. The van der Waals surface area contributed by atoms with Gasteiger partial charge < -0.3 is 5.32 Å². The van der Waals surface area contributed by atoms with Crippen LogP contribution in [0.25, 0.3) is 0 Å². The minimum atomic E-state index is -3.40. The van der Waals surface area contributed by atoms with E-state index in [2.05, 4.69) is 5.32 Å². The maximum atomic E-state index is 12.3. The topological polar surface area (TPSA) is 49.4 Å². The Hall–Kier alpha value is -0.620. The first-order valence-electron chi connectivity index (χ1n) is 5.46. The van der Waals surface area contributed by atoms with Gasteiger partial charge in [-0.25, -0.2) is 8.42 Å². The third kappa shape index (κ3) is 2.63. The monoisotopic (exact) mass is 274 g/mol. The number of likely N-dealkylation sites (N-methyl/N-ethyl adjacent to an activating group) is 1. The van der Waals surface area contributed by atoms with Gasteiger partial charge in [-0.2, -0.15) is 4.31 Å². The molecule has 1 aliphatic rings. The molecule has 2 rings (SSSR count). The highest BCUT2D eigenvalue weighted by Crippen LogP contribution is 2.20. The minimum absolute atomic E-state index is 0.0377. The van der Waals surface area contributed by atoms with Crippen LogP contribution in [0.15, 0.2) is 29.2 Å². The van der Waals surface area contributed by atoms with Gasteiger partial charge in [0, 0.05) is 24.7 Å². The molecule has 0 radical (unpaired) electrons. The van der Waals surface area contributed by atoms with Crippen LogP contribution in [0.4, 0.5) is 0 Å². The number of rotatable bonds is 3. The van der Waals surface area contributed by atoms with Gasteiger partial charge in [-0.05, 0) is 37.2 Å². The molecule has 0 aliphatic carbocycles. The van der Waals surface area contributed by atoms with Crippen molar-refractivity contribution < 1.29 is 8.42 Å². The number of hydrogen-bond acceptors (Lipinski definition) is 3. The summed E-state index contributed by atoms with van der Waals surface area (Å²) in [6, 6.07) is 6.30. The second-order valence-corrected chi connectivity index (χ2v) is 6.56. The van der Waals surface area contributed by atoms with Gasteiger partial charge in [0.05, 0.1) is 4.90 Å². The van der Waals surface area contributed by atoms with E-state index in [-0.39, 0.29) is 10.9 Å². The van der Waals surface area contributed by atoms with Crippen LogP contribution >= 0.6 is 11.6 Å². The molecule has 1 aromatic carbocycles. The van der Waals surface area contributed by atoms with Crippen molar-refractivity contribution in [3.8, 4) is 0 Å². The fraction of sp³-hybridized carbons (Fsp3) is 0.455. The highest BCUT2D eigenvalue weighted by Gasteiger charge is 2.29. The summed E-state index contributed by atoms with van der Waals surface area (Å²) < 4.78 is 26.0. The fourth-order valence-corrected chi connectivity index (χ4v) is 3.43. The average Bonchev–Trinajstić information content (AvgIpc) is 2.82. The largest absolute Gasteiger partial charge is 0.315 e. The van der Waals surface area contributed by atoms with Gasteiger partial charge in [-0.15, -0.1) is 0 Å². The number of nitrogens with one attached hydrogen (secondary N) is 1. The number of hydrogen-bond donors (Lipinski definition) is 1. The second kappa shape index (κ2) is 4.94. The lowest BCUT2D eigenvalue weighted by Gasteiger charge is -2.23. The van der Waals surface area contributed by atoms with Crippen molar-refractivity contribution in [3.63, 3.8) is 0 Å². The third-order valence-electron chi connectivity index (χ3n) is 3.04. The van der Waals surface area contributed by atoms with Crippen molar-refractivity contribution in [1.29, 1.82) is 0 Å². The molecule has 0 spiro atoms. The summed E-state index contributed by atoms with van der Waals surface area (Å²) in [5.41, 5.74) is 0. The summed E-state index contributed by atoms with van der Waals surface area (Å²) in [6.07, 6.45) is 0.851. The molecule has 1 fully saturated rings. The lowest BCUT2D eigenvalue weighted by molar-refractivity contribution is 0.388. The molecule has 0 amide bonds. The van der Waals surface area contributed by atoms with Crippen LogP contribution in [0, 0.1) is 0 Å². The molecule has 0 bridgehead atoms. The van der Waals surface area contributed by atoms with Crippen molar-refractivity contribution in [2.24, 2.45) is 0 Å². The average molecular weight is 275 g/mol. The predicted molar refractivity (Wildman–Crippen MR) is 67.7 cm³/mol. The zero-order valence-corrected chi connectivity index (χ0v) is 11.1. The molecule has 4 nitrogen and oxygen atoms in total. The Labute approximate surface area is 107 Å². The number of nitrogens with zero attached hydrogens (tertiary/aromatic N) is 1. The lowest BCUT2D eigenvalue weighted by atomic mass is 10.3. The highest BCUT2D eigenvalue weighted by atomic mass is 35.5. The molecule has 1 atom stereocenters. The van der Waals surface area contributed by atoms with E-state index in [4.69, 9.17) is 11.6 Å². The SMILES string of the molecule is CN(C1CCNC1)S(=O)(=O)c1ccc(Cl)cc1. The molecule has 1 N–H and O–H groups in total. The van der Waals surface area contributed by atoms with E-state index in [1.807, 2.05) is 0 Å². The van der Waals surface area contributed by atoms with Crippen molar-refractivity contribution >= 4 is 21.6 Å². The summed E-state index contributed by atoms with van der Waals surface area (Å²) in [6.45, 7) is 1.58. The maximum absolute atomic E-state index is 12.3. The smallest absolute Gasteiger partial charge is 0.243 e. The minimum Gasteiger partial charge on any atom is -0.315 e. The Bertz CT molecular complexity index is 481. The molecule has 1 aliphatic heterocycles. The van der Waals surface area contributed by atoms with Crippen LogP contribution in [0.5, 0.6) is 0 Å². The molecule has 1 unspecified atom stereocenters. The fourth-order valence-electron chi connectivity index (χ4n) is 1.92. The van der Waals surface area contributed by atoms with E-state index in [1.54, 1.807) is 19.2 Å². The normalized spacial score (nSPS) is 21.0. The Morgan fingerprint density at radius 3 is 2.53 bits per heavy atom. The molecule has 17 heavy (non-hydrogen) atoms. The zero-order chi connectivity index (χ0) is 12.5. The van der Waals surface area contributed by atoms with Crippen LogP contribution in [-0.2, 0) is 10.0 Å². The quantitative estimate of drug-likeness (QED) is 0.905. The number of sulfonamides is 1. The summed E-state index contributed by atoms with van der Waals surface area (Å²) in [5.74, 6) is 0. The second-order valence-electron chi connectivity index (χ2n) is 4.12. The Balaban J connectivity index is 2.26. The Morgan fingerprint density at radius 2 is 2.00 bits per heavy atom. The molecule has 0 aromatic heterocycles. The van der Waals surface area contributed by atoms with E-state index in [0.29, 0.717) is 11.6 Å². The van der Waals surface area contributed by atoms with Gasteiger partial charge in [0.15, 0.2) is 0 Å². The molecular formula is C11H15ClN2O2S. The van der Waals surface area contributed by atoms with Crippen LogP contribution in [0.3, 0.4) is 0 Å². The molecular weight excluding hydrogens is 260 g/mol. The van der Waals surface area contributed by atoms with Crippen LogP contribution in [0.1, 0.15) is 6.42 Å². The molecule has 1 heterocycles. The third-order valence-corrected chi connectivity index (χ3v) is 5.22. The van der Waals surface area contributed by atoms with Gasteiger partial charge in [-0.1, -0.05) is 11.6 Å². The molecule has 1 saturated heterocycles. The van der Waals surface area contributed by atoms with Crippen molar-refractivity contribution in [2.75, 3.05) is 20.1 Å². The van der Waals surface area contributed by atoms with Gasteiger partial charge in [0.25, 0.3) is 0 Å². The van der Waals surface area contributed by atoms with E-state index < -0.39 is 10.0 Å².